The fraction of sp³-hybridized carbons (Fsp3) is 0.538. The van der Waals surface area contributed by atoms with Crippen molar-refractivity contribution >= 4 is 0 Å². The minimum Gasteiger partial charge on any atom is -0.490 e. The van der Waals surface area contributed by atoms with Gasteiger partial charge in [0, 0.05) is 20.1 Å². The van der Waals surface area contributed by atoms with Crippen LogP contribution >= 0.6 is 0 Å². The van der Waals surface area contributed by atoms with E-state index in [0.717, 1.165) is 12.0 Å². The Balaban J connectivity index is 2.64. The van der Waals surface area contributed by atoms with Gasteiger partial charge in [0.1, 0.15) is 0 Å². The molecule has 0 aliphatic carbocycles. The fourth-order valence-corrected chi connectivity index (χ4v) is 1.42. The van der Waals surface area contributed by atoms with Crippen molar-refractivity contribution in [1.29, 1.82) is 0 Å². The Morgan fingerprint density at radius 3 is 2.59 bits per heavy atom. The molecular weight excluding hydrogens is 220 g/mol. The predicted molar refractivity (Wildman–Crippen MR) is 65.5 cm³/mol. The Hall–Kier alpha value is -1.26. The van der Waals surface area contributed by atoms with E-state index in [4.69, 9.17) is 19.3 Å². The van der Waals surface area contributed by atoms with Gasteiger partial charge in [-0.05, 0) is 24.6 Å². The second kappa shape index (κ2) is 7.92. The lowest BCUT2D eigenvalue weighted by molar-refractivity contribution is 0.170. The highest BCUT2D eigenvalue weighted by Crippen LogP contribution is 2.28. The SMILES string of the molecule is CCOc1ccc(CO)cc1OCCCOC. The Bertz CT molecular complexity index is 325. The van der Waals surface area contributed by atoms with E-state index in [9.17, 15) is 0 Å². The first-order valence-electron chi connectivity index (χ1n) is 5.80. The highest BCUT2D eigenvalue weighted by molar-refractivity contribution is 5.42. The van der Waals surface area contributed by atoms with Gasteiger partial charge in [-0.2, -0.15) is 0 Å². The Kier molecular flexibility index (Phi) is 6.43. The first kappa shape index (κ1) is 13.8. The number of hydrogen-bond acceptors (Lipinski definition) is 4. The summed E-state index contributed by atoms with van der Waals surface area (Å²) in [5.74, 6) is 1.39. The van der Waals surface area contributed by atoms with Crippen LogP contribution in [0.2, 0.25) is 0 Å². The van der Waals surface area contributed by atoms with Gasteiger partial charge in [-0.25, -0.2) is 0 Å². The second-order valence-corrected chi connectivity index (χ2v) is 3.57. The quantitative estimate of drug-likeness (QED) is 0.706. The lowest BCUT2D eigenvalue weighted by Gasteiger charge is -2.12. The summed E-state index contributed by atoms with van der Waals surface area (Å²) in [6.45, 7) is 3.76. The minimum atomic E-state index is 0.000829. The molecule has 0 radical (unpaired) electrons. The zero-order chi connectivity index (χ0) is 12.5. The van der Waals surface area contributed by atoms with Crippen molar-refractivity contribution in [3.8, 4) is 11.5 Å². The summed E-state index contributed by atoms with van der Waals surface area (Å²) in [4.78, 5) is 0. The number of methoxy groups -OCH3 is 1. The van der Waals surface area contributed by atoms with E-state index in [1.54, 1.807) is 13.2 Å². The molecule has 0 aliphatic heterocycles. The molecule has 0 spiro atoms. The van der Waals surface area contributed by atoms with Gasteiger partial charge in [-0.1, -0.05) is 6.07 Å². The van der Waals surface area contributed by atoms with E-state index in [-0.39, 0.29) is 6.61 Å². The van der Waals surface area contributed by atoms with Gasteiger partial charge < -0.3 is 19.3 Å². The molecule has 0 aromatic heterocycles. The van der Waals surface area contributed by atoms with Crippen molar-refractivity contribution in [1.82, 2.24) is 0 Å². The molecule has 96 valence electrons. The molecule has 0 aliphatic rings. The van der Waals surface area contributed by atoms with Crippen LogP contribution in [0.25, 0.3) is 0 Å². The molecule has 4 heteroatoms. The fourth-order valence-electron chi connectivity index (χ4n) is 1.42. The van der Waals surface area contributed by atoms with Crippen LogP contribution in [0.3, 0.4) is 0 Å². The zero-order valence-electron chi connectivity index (χ0n) is 10.4. The van der Waals surface area contributed by atoms with Crippen LogP contribution in [0, 0.1) is 0 Å². The highest BCUT2D eigenvalue weighted by atomic mass is 16.5. The molecule has 0 unspecified atom stereocenters. The van der Waals surface area contributed by atoms with Gasteiger partial charge in [0.15, 0.2) is 11.5 Å². The van der Waals surface area contributed by atoms with Crippen LogP contribution in [0.5, 0.6) is 11.5 Å². The third-order valence-electron chi connectivity index (χ3n) is 2.24. The number of benzene rings is 1. The minimum absolute atomic E-state index is 0.000829. The Morgan fingerprint density at radius 2 is 1.94 bits per heavy atom. The normalized spacial score (nSPS) is 10.3. The molecule has 17 heavy (non-hydrogen) atoms. The summed E-state index contributed by atoms with van der Waals surface area (Å²) in [7, 11) is 1.66. The summed E-state index contributed by atoms with van der Waals surface area (Å²) in [5.41, 5.74) is 0.815. The molecule has 1 aromatic rings. The Labute approximate surface area is 102 Å². The average molecular weight is 240 g/mol. The van der Waals surface area contributed by atoms with Gasteiger partial charge >= 0.3 is 0 Å². The molecule has 0 bridgehead atoms. The van der Waals surface area contributed by atoms with Gasteiger partial charge in [0.05, 0.1) is 19.8 Å². The smallest absolute Gasteiger partial charge is 0.161 e. The number of hydrogen-bond donors (Lipinski definition) is 1. The summed E-state index contributed by atoms with van der Waals surface area (Å²) >= 11 is 0. The van der Waals surface area contributed by atoms with Crippen LogP contribution in [0.4, 0.5) is 0 Å². The van der Waals surface area contributed by atoms with Crippen molar-refractivity contribution < 1.29 is 19.3 Å². The molecule has 0 fully saturated rings. The third-order valence-corrected chi connectivity index (χ3v) is 2.24. The molecule has 1 N–H and O–H groups in total. The predicted octanol–water partition coefficient (Wildman–Crippen LogP) is 1.99. The molecule has 0 saturated heterocycles. The summed E-state index contributed by atoms with van der Waals surface area (Å²) in [5, 5.41) is 9.08. The molecular formula is C13H20O4. The molecule has 0 saturated carbocycles. The lowest BCUT2D eigenvalue weighted by Crippen LogP contribution is -2.04. The van der Waals surface area contributed by atoms with Crippen LogP contribution in [-0.4, -0.2) is 32.0 Å². The highest BCUT2D eigenvalue weighted by Gasteiger charge is 2.06. The van der Waals surface area contributed by atoms with Crippen LogP contribution in [-0.2, 0) is 11.3 Å². The van der Waals surface area contributed by atoms with Gasteiger partial charge in [0.25, 0.3) is 0 Å². The summed E-state index contributed by atoms with van der Waals surface area (Å²) in [6.07, 6.45) is 0.825. The number of rotatable bonds is 8. The number of aliphatic hydroxyl groups is 1. The maximum atomic E-state index is 9.08. The van der Waals surface area contributed by atoms with E-state index in [1.807, 2.05) is 19.1 Å². The van der Waals surface area contributed by atoms with Crippen LogP contribution in [0.15, 0.2) is 18.2 Å². The standard InChI is InChI=1S/C13H20O4/c1-3-16-12-6-5-11(10-14)9-13(12)17-8-4-7-15-2/h5-6,9,14H,3-4,7-8,10H2,1-2H3. The molecule has 1 aromatic carbocycles. The number of ether oxygens (including phenoxy) is 3. The van der Waals surface area contributed by atoms with E-state index < -0.39 is 0 Å². The summed E-state index contributed by atoms with van der Waals surface area (Å²) in [6, 6.07) is 5.45. The van der Waals surface area contributed by atoms with E-state index in [2.05, 4.69) is 0 Å². The lowest BCUT2D eigenvalue weighted by atomic mass is 10.2. The molecule has 4 nitrogen and oxygen atoms in total. The largest absolute Gasteiger partial charge is 0.490 e. The molecule has 0 atom stereocenters. The first-order valence-corrected chi connectivity index (χ1v) is 5.80. The van der Waals surface area contributed by atoms with Gasteiger partial charge in [-0.3, -0.25) is 0 Å². The van der Waals surface area contributed by atoms with E-state index in [0.29, 0.717) is 31.3 Å². The van der Waals surface area contributed by atoms with E-state index >= 15 is 0 Å². The van der Waals surface area contributed by atoms with Gasteiger partial charge in [0.2, 0.25) is 0 Å². The maximum absolute atomic E-state index is 9.08. The average Bonchev–Trinajstić information content (AvgIpc) is 2.36. The number of aliphatic hydroxyl groups excluding tert-OH is 1. The third kappa shape index (κ3) is 4.63. The second-order valence-electron chi connectivity index (χ2n) is 3.57. The first-order chi connectivity index (χ1) is 8.31. The summed E-state index contributed by atoms with van der Waals surface area (Å²) < 4.78 is 16.0. The monoisotopic (exact) mass is 240 g/mol. The van der Waals surface area contributed by atoms with Crippen molar-refractivity contribution in [2.45, 2.75) is 20.0 Å². The van der Waals surface area contributed by atoms with Crippen LogP contribution < -0.4 is 9.47 Å². The molecule has 0 amide bonds. The van der Waals surface area contributed by atoms with Crippen molar-refractivity contribution in [3.05, 3.63) is 23.8 Å². The topological polar surface area (TPSA) is 47.9 Å². The van der Waals surface area contributed by atoms with Gasteiger partial charge in [-0.15, -0.1) is 0 Å². The van der Waals surface area contributed by atoms with Crippen LogP contribution in [0.1, 0.15) is 18.9 Å². The van der Waals surface area contributed by atoms with Crippen molar-refractivity contribution in [3.63, 3.8) is 0 Å². The van der Waals surface area contributed by atoms with E-state index in [1.165, 1.54) is 0 Å². The zero-order valence-corrected chi connectivity index (χ0v) is 10.4. The Morgan fingerprint density at radius 1 is 1.12 bits per heavy atom. The van der Waals surface area contributed by atoms with Crippen molar-refractivity contribution in [2.75, 3.05) is 26.9 Å². The van der Waals surface area contributed by atoms with Crippen molar-refractivity contribution in [2.24, 2.45) is 0 Å². The molecule has 1 rings (SSSR count). The molecule has 0 heterocycles. The maximum Gasteiger partial charge on any atom is 0.161 e.